The van der Waals surface area contributed by atoms with Crippen LogP contribution in [0.25, 0.3) is 22.5 Å². The maximum Gasteiger partial charge on any atom is 0.121 e. The number of rotatable bonds is 7. The summed E-state index contributed by atoms with van der Waals surface area (Å²) in [5.74, 6) is 0. The van der Waals surface area contributed by atoms with Crippen molar-refractivity contribution in [2.24, 2.45) is 0 Å². The van der Waals surface area contributed by atoms with Gasteiger partial charge in [-0.2, -0.15) is 15.0 Å². The molecule has 4 nitrogen and oxygen atoms in total. The topological polar surface area (TPSA) is 42.7 Å². The maximum absolute atomic E-state index is 6.25. The van der Waals surface area contributed by atoms with Crippen molar-refractivity contribution in [3.63, 3.8) is 0 Å². The number of hydrogen-bond acceptors (Lipinski definition) is 3. The van der Waals surface area contributed by atoms with Gasteiger partial charge in [-0.05, 0) is 37.9 Å². The summed E-state index contributed by atoms with van der Waals surface area (Å²) in [4.78, 5) is 1.81. The number of aromatic nitrogens is 3. The van der Waals surface area contributed by atoms with Gasteiger partial charge in [-0.3, -0.25) is 0 Å². The second-order valence-electron chi connectivity index (χ2n) is 7.63. The van der Waals surface area contributed by atoms with Gasteiger partial charge in [-0.1, -0.05) is 78.9 Å². The zero-order valence-corrected chi connectivity index (χ0v) is 18.0. The molecule has 1 aliphatic rings. The molecule has 2 aromatic carbocycles. The van der Waals surface area contributed by atoms with E-state index in [9.17, 15) is 0 Å². The third-order valence-corrected chi connectivity index (χ3v) is 6.21. The van der Waals surface area contributed by atoms with Crippen molar-refractivity contribution >= 4 is 23.2 Å². The highest BCUT2D eigenvalue weighted by Gasteiger charge is 2.16. The summed E-state index contributed by atoms with van der Waals surface area (Å²) in [6, 6.07) is 16.4. The molecule has 0 unspecified atom stereocenters. The van der Waals surface area contributed by atoms with Gasteiger partial charge in [0.15, 0.2) is 0 Å². The average Bonchev–Trinajstić information content (AvgIpc) is 3.19. The zero-order chi connectivity index (χ0) is 20.1. The molecule has 0 aliphatic heterocycles. The SMILES string of the molecule is Clc1ccc(-c2nn(CCCNC3CCCCC3)nc2-c2ccccc2)cc1Cl. The van der Waals surface area contributed by atoms with Crippen LogP contribution in [0.15, 0.2) is 48.5 Å². The monoisotopic (exact) mass is 428 g/mol. The van der Waals surface area contributed by atoms with E-state index in [1.54, 1.807) is 6.07 Å². The first-order chi connectivity index (χ1) is 14.2. The van der Waals surface area contributed by atoms with Crippen LogP contribution in [0.2, 0.25) is 10.0 Å². The summed E-state index contributed by atoms with van der Waals surface area (Å²) in [7, 11) is 0. The molecule has 0 saturated heterocycles. The lowest BCUT2D eigenvalue weighted by molar-refractivity contribution is 0.364. The van der Waals surface area contributed by atoms with Crippen molar-refractivity contribution in [1.82, 2.24) is 20.3 Å². The molecule has 6 heteroatoms. The molecule has 29 heavy (non-hydrogen) atoms. The second kappa shape index (κ2) is 9.75. The fourth-order valence-electron chi connectivity index (χ4n) is 3.91. The number of nitrogens with zero attached hydrogens (tertiary/aromatic N) is 3. The first-order valence-electron chi connectivity index (χ1n) is 10.4. The normalized spacial score (nSPS) is 15.0. The Morgan fingerprint density at radius 1 is 0.862 bits per heavy atom. The standard InChI is InChI=1S/C23H26Cl2N4/c24-20-13-12-18(16-21(20)25)23-22(17-8-3-1-4-9-17)27-29(28-23)15-7-14-26-19-10-5-2-6-11-19/h1,3-4,8-9,12-13,16,19,26H,2,5-7,10-11,14-15H2. The van der Waals surface area contributed by atoms with Gasteiger partial charge in [0.25, 0.3) is 0 Å². The average molecular weight is 429 g/mol. The largest absolute Gasteiger partial charge is 0.314 e. The van der Waals surface area contributed by atoms with E-state index < -0.39 is 0 Å². The van der Waals surface area contributed by atoms with Crippen LogP contribution in [-0.2, 0) is 6.54 Å². The molecule has 0 radical (unpaired) electrons. The molecule has 1 N–H and O–H groups in total. The molecular formula is C23H26Cl2N4. The van der Waals surface area contributed by atoms with Crippen molar-refractivity contribution in [3.05, 3.63) is 58.6 Å². The summed E-state index contributed by atoms with van der Waals surface area (Å²) in [5, 5.41) is 14.3. The second-order valence-corrected chi connectivity index (χ2v) is 8.45. The van der Waals surface area contributed by atoms with Crippen LogP contribution >= 0.6 is 23.2 Å². The Bertz CT molecular complexity index is 933. The Hall–Kier alpha value is -1.88. The highest BCUT2D eigenvalue weighted by atomic mass is 35.5. The van der Waals surface area contributed by atoms with Crippen LogP contribution in [0.5, 0.6) is 0 Å². The predicted molar refractivity (Wildman–Crippen MR) is 120 cm³/mol. The van der Waals surface area contributed by atoms with Gasteiger partial charge in [-0.15, -0.1) is 0 Å². The van der Waals surface area contributed by atoms with Gasteiger partial charge < -0.3 is 5.32 Å². The highest BCUT2D eigenvalue weighted by molar-refractivity contribution is 6.42. The molecule has 3 aromatic rings. The molecule has 152 valence electrons. The van der Waals surface area contributed by atoms with E-state index in [1.807, 2.05) is 35.1 Å². The van der Waals surface area contributed by atoms with Crippen LogP contribution in [-0.4, -0.2) is 27.6 Å². The van der Waals surface area contributed by atoms with Gasteiger partial charge in [-0.25, -0.2) is 0 Å². The minimum atomic E-state index is 0.523. The zero-order valence-electron chi connectivity index (χ0n) is 16.5. The lowest BCUT2D eigenvalue weighted by Crippen LogP contribution is -2.32. The molecule has 1 saturated carbocycles. The van der Waals surface area contributed by atoms with Crippen LogP contribution < -0.4 is 5.32 Å². The molecule has 1 heterocycles. The number of halogens is 2. The first kappa shape index (κ1) is 20.4. The maximum atomic E-state index is 6.25. The molecule has 0 atom stereocenters. The van der Waals surface area contributed by atoms with E-state index in [4.69, 9.17) is 33.4 Å². The van der Waals surface area contributed by atoms with Gasteiger partial charge >= 0.3 is 0 Å². The fraction of sp³-hybridized carbons (Fsp3) is 0.391. The van der Waals surface area contributed by atoms with E-state index in [-0.39, 0.29) is 0 Å². The summed E-state index contributed by atoms with van der Waals surface area (Å²) < 4.78 is 0. The quantitative estimate of drug-likeness (QED) is 0.453. The molecule has 0 amide bonds. The van der Waals surface area contributed by atoms with Crippen molar-refractivity contribution in [1.29, 1.82) is 0 Å². The molecular weight excluding hydrogens is 403 g/mol. The minimum absolute atomic E-state index is 0.523. The van der Waals surface area contributed by atoms with Crippen LogP contribution in [0, 0.1) is 0 Å². The van der Waals surface area contributed by atoms with Gasteiger partial charge in [0.2, 0.25) is 0 Å². The summed E-state index contributed by atoms with van der Waals surface area (Å²) in [6.07, 6.45) is 7.70. The lowest BCUT2D eigenvalue weighted by Gasteiger charge is -2.22. The molecule has 0 spiro atoms. The predicted octanol–water partition coefficient (Wildman–Crippen LogP) is 6.23. The van der Waals surface area contributed by atoms with Crippen LogP contribution in [0.4, 0.5) is 0 Å². The summed E-state index contributed by atoms with van der Waals surface area (Å²) in [5.41, 5.74) is 3.66. The number of aryl methyl sites for hydroxylation is 1. The summed E-state index contributed by atoms with van der Waals surface area (Å²) in [6.45, 7) is 1.77. The fourth-order valence-corrected chi connectivity index (χ4v) is 4.21. The van der Waals surface area contributed by atoms with Crippen LogP contribution in [0.1, 0.15) is 38.5 Å². The third-order valence-electron chi connectivity index (χ3n) is 5.47. The Balaban J connectivity index is 1.51. The number of nitrogens with one attached hydrogen (secondary N) is 1. The Kier molecular flexibility index (Phi) is 6.86. The van der Waals surface area contributed by atoms with E-state index >= 15 is 0 Å². The van der Waals surface area contributed by atoms with Crippen molar-refractivity contribution in [2.75, 3.05) is 6.54 Å². The Labute approximate surface area is 182 Å². The number of hydrogen-bond donors (Lipinski definition) is 1. The van der Waals surface area contributed by atoms with E-state index in [0.717, 1.165) is 42.0 Å². The highest BCUT2D eigenvalue weighted by Crippen LogP contribution is 2.32. The molecule has 1 aliphatic carbocycles. The van der Waals surface area contributed by atoms with E-state index in [0.29, 0.717) is 16.1 Å². The van der Waals surface area contributed by atoms with Gasteiger partial charge in [0.05, 0.1) is 16.6 Å². The van der Waals surface area contributed by atoms with Gasteiger partial charge in [0, 0.05) is 17.2 Å². The number of benzene rings is 2. The van der Waals surface area contributed by atoms with Crippen molar-refractivity contribution in [2.45, 2.75) is 51.1 Å². The molecule has 1 fully saturated rings. The molecule has 0 bridgehead atoms. The third kappa shape index (κ3) is 5.19. The first-order valence-corrected chi connectivity index (χ1v) is 11.2. The van der Waals surface area contributed by atoms with Crippen molar-refractivity contribution < 1.29 is 0 Å². The Morgan fingerprint density at radius 3 is 2.31 bits per heavy atom. The minimum Gasteiger partial charge on any atom is -0.314 e. The van der Waals surface area contributed by atoms with E-state index in [2.05, 4.69) is 17.4 Å². The van der Waals surface area contributed by atoms with Gasteiger partial charge in [0.1, 0.15) is 11.4 Å². The Morgan fingerprint density at radius 2 is 1.59 bits per heavy atom. The molecule has 1 aromatic heterocycles. The summed E-state index contributed by atoms with van der Waals surface area (Å²) >= 11 is 12.3. The smallest absolute Gasteiger partial charge is 0.121 e. The van der Waals surface area contributed by atoms with E-state index in [1.165, 1.54) is 32.1 Å². The molecule has 4 rings (SSSR count). The van der Waals surface area contributed by atoms with Crippen molar-refractivity contribution in [3.8, 4) is 22.5 Å². The van der Waals surface area contributed by atoms with Crippen LogP contribution in [0.3, 0.4) is 0 Å². The lowest BCUT2D eigenvalue weighted by atomic mass is 9.95.